The van der Waals surface area contributed by atoms with Crippen LogP contribution in [0.15, 0.2) is 42.9 Å². The Morgan fingerprint density at radius 3 is 2.45 bits per heavy atom. The molecule has 31 heavy (non-hydrogen) atoms. The van der Waals surface area contributed by atoms with Gasteiger partial charge >= 0.3 is 0 Å². The van der Waals surface area contributed by atoms with E-state index in [1.54, 1.807) is 18.6 Å². The molecule has 0 aromatic carbocycles. The predicted molar refractivity (Wildman–Crippen MR) is 119 cm³/mol. The number of pyridine rings is 1. The van der Waals surface area contributed by atoms with Crippen LogP contribution in [0.2, 0.25) is 0 Å². The first kappa shape index (κ1) is 22.1. The topological polar surface area (TPSA) is 97.3 Å². The van der Waals surface area contributed by atoms with Crippen LogP contribution in [0.4, 0.5) is 5.82 Å². The van der Waals surface area contributed by atoms with E-state index in [9.17, 15) is 8.42 Å². The molecule has 1 aliphatic heterocycles. The van der Waals surface area contributed by atoms with Gasteiger partial charge in [0.2, 0.25) is 10.0 Å². The maximum absolute atomic E-state index is 11.9. The minimum absolute atomic E-state index is 0.0701. The van der Waals surface area contributed by atoms with Crippen molar-refractivity contribution in [1.82, 2.24) is 19.7 Å². The molecule has 1 aliphatic carbocycles. The third kappa shape index (κ3) is 6.21. The van der Waals surface area contributed by atoms with Crippen molar-refractivity contribution in [3.8, 4) is 0 Å². The largest absolute Gasteiger partial charge is 0.378 e. The van der Waals surface area contributed by atoms with Gasteiger partial charge in [-0.3, -0.25) is 0 Å². The van der Waals surface area contributed by atoms with E-state index in [1.165, 1.54) is 6.26 Å². The van der Waals surface area contributed by atoms with E-state index in [0.717, 1.165) is 56.8 Å². The van der Waals surface area contributed by atoms with Crippen LogP contribution in [0.3, 0.4) is 0 Å². The zero-order valence-corrected chi connectivity index (χ0v) is 18.7. The quantitative estimate of drug-likeness (QED) is 0.699. The van der Waals surface area contributed by atoms with Gasteiger partial charge in [0.25, 0.3) is 0 Å². The van der Waals surface area contributed by atoms with Crippen molar-refractivity contribution in [2.75, 3.05) is 30.9 Å². The van der Waals surface area contributed by atoms with Crippen LogP contribution in [0.1, 0.15) is 43.8 Å². The van der Waals surface area contributed by atoms with Crippen molar-refractivity contribution in [3.05, 3.63) is 48.7 Å². The first-order chi connectivity index (χ1) is 15.0. The molecule has 2 aromatic rings. The molecule has 168 valence electrons. The fraction of sp³-hybridized carbons (Fsp3) is 0.591. The van der Waals surface area contributed by atoms with Gasteiger partial charge in [-0.2, -0.15) is 0 Å². The van der Waals surface area contributed by atoms with Gasteiger partial charge in [-0.1, -0.05) is 6.07 Å². The third-order valence-corrected chi connectivity index (χ3v) is 6.97. The maximum Gasteiger partial charge on any atom is 0.208 e. The lowest BCUT2D eigenvalue weighted by molar-refractivity contribution is -0.00252. The normalized spacial score (nSPS) is 27.2. The van der Waals surface area contributed by atoms with E-state index < -0.39 is 10.0 Å². The molecule has 1 unspecified atom stereocenters. The van der Waals surface area contributed by atoms with E-state index >= 15 is 0 Å². The number of hydrogen-bond acceptors (Lipinski definition) is 7. The standard InChI is InChI=1S/C22H31N5O3S/c1-31(28,29)26-20-10-14-27(21-5-2-3-11-23-21)15-18(20)16-30-19-8-6-17(7-9-19)22-24-12-4-13-25-22/h2-5,11-13,17-20,26H,6-10,14-16H2,1H3/t17?,18-,19?,20?/m0/s1. The Labute approximate surface area is 184 Å². The van der Waals surface area contributed by atoms with E-state index in [-0.39, 0.29) is 18.1 Å². The monoisotopic (exact) mass is 445 g/mol. The van der Waals surface area contributed by atoms with Gasteiger partial charge in [-0.05, 0) is 50.3 Å². The fourth-order valence-corrected chi connectivity index (χ4v) is 5.51. The van der Waals surface area contributed by atoms with E-state index in [0.29, 0.717) is 12.5 Å². The zero-order chi connectivity index (χ0) is 21.7. The van der Waals surface area contributed by atoms with Gasteiger partial charge < -0.3 is 9.64 Å². The second-order valence-corrected chi connectivity index (χ2v) is 10.4. The molecule has 8 nitrogen and oxygen atoms in total. The summed E-state index contributed by atoms with van der Waals surface area (Å²) in [6, 6.07) is 7.60. The van der Waals surface area contributed by atoms with Crippen molar-refractivity contribution in [2.45, 2.75) is 50.2 Å². The lowest BCUT2D eigenvalue weighted by atomic mass is 9.86. The summed E-state index contributed by atoms with van der Waals surface area (Å²) in [7, 11) is -3.27. The summed E-state index contributed by atoms with van der Waals surface area (Å²) in [5, 5.41) is 0. The van der Waals surface area contributed by atoms with Crippen LogP contribution in [0.5, 0.6) is 0 Å². The molecule has 2 atom stereocenters. The molecule has 0 bridgehead atoms. The van der Waals surface area contributed by atoms with Gasteiger partial charge in [-0.15, -0.1) is 0 Å². The number of sulfonamides is 1. The van der Waals surface area contributed by atoms with Crippen LogP contribution in [-0.2, 0) is 14.8 Å². The molecule has 2 aliphatic rings. The molecule has 3 heterocycles. The second-order valence-electron chi connectivity index (χ2n) is 8.59. The summed E-state index contributed by atoms with van der Waals surface area (Å²) in [4.78, 5) is 15.5. The van der Waals surface area contributed by atoms with E-state index in [1.807, 2.05) is 24.3 Å². The van der Waals surface area contributed by atoms with Crippen LogP contribution >= 0.6 is 0 Å². The lowest BCUT2D eigenvalue weighted by Gasteiger charge is -2.40. The highest BCUT2D eigenvalue weighted by molar-refractivity contribution is 7.88. The minimum atomic E-state index is -3.27. The first-order valence-electron chi connectivity index (χ1n) is 11.0. The third-order valence-electron chi connectivity index (χ3n) is 6.24. The molecule has 1 N–H and O–H groups in total. The molecular formula is C22H31N5O3S. The predicted octanol–water partition coefficient (Wildman–Crippen LogP) is 2.36. The molecule has 0 spiro atoms. The highest BCUT2D eigenvalue weighted by Crippen LogP contribution is 2.33. The number of nitrogens with zero attached hydrogens (tertiary/aromatic N) is 4. The SMILES string of the molecule is CS(=O)(=O)NC1CCN(c2ccccn2)C[C@H]1COC1CCC(c2ncccn2)CC1. The first-order valence-corrected chi connectivity index (χ1v) is 12.9. The smallest absolute Gasteiger partial charge is 0.208 e. The molecule has 2 aromatic heterocycles. The molecule has 4 rings (SSSR count). The van der Waals surface area contributed by atoms with Crippen molar-refractivity contribution in [1.29, 1.82) is 0 Å². The fourth-order valence-electron chi connectivity index (χ4n) is 4.65. The number of hydrogen-bond donors (Lipinski definition) is 1. The van der Waals surface area contributed by atoms with Gasteiger partial charge in [0.1, 0.15) is 11.6 Å². The number of anilines is 1. The Balaban J connectivity index is 1.34. The molecular weight excluding hydrogens is 414 g/mol. The Morgan fingerprint density at radius 2 is 1.77 bits per heavy atom. The number of ether oxygens (including phenoxy) is 1. The molecule has 1 saturated carbocycles. The Hall–Kier alpha value is -2.10. The van der Waals surface area contributed by atoms with Crippen LogP contribution in [0.25, 0.3) is 0 Å². The highest BCUT2D eigenvalue weighted by Gasteiger charge is 2.33. The van der Waals surface area contributed by atoms with Gasteiger partial charge in [0, 0.05) is 49.6 Å². The lowest BCUT2D eigenvalue weighted by Crippen LogP contribution is -2.52. The summed E-state index contributed by atoms with van der Waals surface area (Å²) < 4.78 is 32.9. The number of piperidine rings is 1. The summed E-state index contributed by atoms with van der Waals surface area (Å²) in [5.74, 6) is 2.32. The second kappa shape index (κ2) is 10.0. The van der Waals surface area contributed by atoms with Crippen LogP contribution < -0.4 is 9.62 Å². The Bertz CT molecular complexity index is 921. The number of nitrogens with one attached hydrogen (secondary N) is 1. The summed E-state index contributed by atoms with van der Waals surface area (Å²) in [6.45, 7) is 2.02. The Morgan fingerprint density at radius 1 is 1.03 bits per heavy atom. The van der Waals surface area contributed by atoms with Crippen molar-refractivity contribution < 1.29 is 13.2 Å². The maximum atomic E-state index is 11.9. The van der Waals surface area contributed by atoms with Crippen molar-refractivity contribution in [2.24, 2.45) is 5.92 Å². The van der Waals surface area contributed by atoms with Crippen molar-refractivity contribution >= 4 is 15.8 Å². The summed E-state index contributed by atoms with van der Waals surface area (Å²) in [6.07, 6.45) is 11.5. The number of rotatable bonds is 7. The minimum Gasteiger partial charge on any atom is -0.378 e. The van der Waals surface area contributed by atoms with Gasteiger partial charge in [0.15, 0.2) is 0 Å². The zero-order valence-electron chi connectivity index (χ0n) is 17.9. The molecule has 2 fully saturated rings. The molecule has 9 heteroatoms. The Kier molecular flexibility index (Phi) is 7.14. The van der Waals surface area contributed by atoms with E-state index in [4.69, 9.17) is 4.74 Å². The average Bonchev–Trinajstić information content (AvgIpc) is 2.79. The van der Waals surface area contributed by atoms with Crippen molar-refractivity contribution in [3.63, 3.8) is 0 Å². The van der Waals surface area contributed by atoms with Crippen LogP contribution in [0, 0.1) is 5.92 Å². The molecule has 0 radical (unpaired) electrons. The van der Waals surface area contributed by atoms with E-state index in [2.05, 4.69) is 24.6 Å². The molecule has 0 amide bonds. The number of aromatic nitrogens is 3. The highest BCUT2D eigenvalue weighted by atomic mass is 32.2. The van der Waals surface area contributed by atoms with Crippen LogP contribution in [-0.4, -0.2) is 61.5 Å². The molecule has 1 saturated heterocycles. The average molecular weight is 446 g/mol. The summed E-state index contributed by atoms with van der Waals surface area (Å²) >= 11 is 0. The van der Waals surface area contributed by atoms with Gasteiger partial charge in [-0.25, -0.2) is 28.1 Å². The van der Waals surface area contributed by atoms with Gasteiger partial charge in [0.05, 0.1) is 19.0 Å². The summed E-state index contributed by atoms with van der Waals surface area (Å²) in [5.41, 5.74) is 0.